The maximum atomic E-state index is 6.07. The van der Waals surface area contributed by atoms with E-state index in [1.165, 1.54) is 24.3 Å². The summed E-state index contributed by atoms with van der Waals surface area (Å²) in [7, 11) is 0. The number of thiazole rings is 1. The predicted octanol–water partition coefficient (Wildman–Crippen LogP) is 2.66. The SMILES string of the molecule is CCNC(C)c1sc(C2CN3CCCC3CO2)nc1C. The van der Waals surface area contributed by atoms with Gasteiger partial charge in [0.2, 0.25) is 0 Å². The zero-order valence-corrected chi connectivity index (χ0v) is 13.5. The molecule has 0 bridgehead atoms. The Morgan fingerprint density at radius 3 is 3.20 bits per heavy atom. The predicted molar refractivity (Wildman–Crippen MR) is 82.2 cm³/mol. The summed E-state index contributed by atoms with van der Waals surface area (Å²) < 4.78 is 6.07. The topological polar surface area (TPSA) is 37.4 Å². The Bertz CT molecular complexity index is 462. The molecule has 1 aromatic heterocycles. The first-order chi connectivity index (χ1) is 9.69. The smallest absolute Gasteiger partial charge is 0.123 e. The van der Waals surface area contributed by atoms with Gasteiger partial charge < -0.3 is 10.1 Å². The van der Waals surface area contributed by atoms with Gasteiger partial charge in [0.05, 0.1) is 12.3 Å². The summed E-state index contributed by atoms with van der Waals surface area (Å²) in [6.45, 7) is 10.6. The third-order valence-corrected chi connectivity index (χ3v) is 5.85. The molecular weight excluding hydrogens is 270 g/mol. The van der Waals surface area contributed by atoms with Gasteiger partial charge in [0.25, 0.3) is 0 Å². The van der Waals surface area contributed by atoms with Crippen molar-refractivity contribution in [3.63, 3.8) is 0 Å². The number of aryl methyl sites for hydroxylation is 1. The fourth-order valence-electron chi connectivity index (χ4n) is 3.33. The van der Waals surface area contributed by atoms with Crippen molar-refractivity contribution in [1.29, 1.82) is 0 Å². The van der Waals surface area contributed by atoms with Crippen molar-refractivity contribution in [1.82, 2.24) is 15.2 Å². The highest BCUT2D eigenvalue weighted by Gasteiger charge is 2.34. The van der Waals surface area contributed by atoms with Crippen LogP contribution in [0, 0.1) is 6.92 Å². The minimum Gasteiger partial charge on any atom is -0.368 e. The Kier molecular flexibility index (Phi) is 4.40. The molecule has 3 atom stereocenters. The van der Waals surface area contributed by atoms with E-state index in [1.54, 1.807) is 0 Å². The van der Waals surface area contributed by atoms with Crippen molar-refractivity contribution in [2.24, 2.45) is 0 Å². The minimum absolute atomic E-state index is 0.177. The second-order valence-corrected chi connectivity index (χ2v) is 6.96. The van der Waals surface area contributed by atoms with E-state index in [9.17, 15) is 0 Å². The van der Waals surface area contributed by atoms with Crippen molar-refractivity contribution in [3.8, 4) is 0 Å². The third kappa shape index (κ3) is 2.77. The number of nitrogens with one attached hydrogen (secondary N) is 1. The fraction of sp³-hybridized carbons (Fsp3) is 0.800. The van der Waals surface area contributed by atoms with Crippen LogP contribution in [-0.4, -0.2) is 42.2 Å². The van der Waals surface area contributed by atoms with Gasteiger partial charge >= 0.3 is 0 Å². The normalized spacial score (nSPS) is 28.6. The quantitative estimate of drug-likeness (QED) is 0.926. The first kappa shape index (κ1) is 14.4. The molecule has 0 radical (unpaired) electrons. The van der Waals surface area contributed by atoms with Crippen LogP contribution in [-0.2, 0) is 4.74 Å². The standard InChI is InChI=1S/C15H25N3OS/c1-4-16-10(2)14-11(3)17-15(20-14)13-8-18-7-5-6-12(18)9-19-13/h10,12-13,16H,4-9H2,1-3H3. The van der Waals surface area contributed by atoms with E-state index in [2.05, 4.69) is 31.0 Å². The average Bonchev–Trinajstić information content (AvgIpc) is 3.04. The summed E-state index contributed by atoms with van der Waals surface area (Å²) >= 11 is 1.82. The highest BCUT2D eigenvalue weighted by atomic mass is 32.1. The lowest BCUT2D eigenvalue weighted by Crippen LogP contribution is -2.42. The molecule has 0 amide bonds. The molecule has 2 saturated heterocycles. The molecule has 2 fully saturated rings. The Morgan fingerprint density at radius 2 is 2.40 bits per heavy atom. The van der Waals surface area contributed by atoms with Crippen LogP contribution in [0.4, 0.5) is 0 Å². The molecule has 2 aliphatic rings. The van der Waals surface area contributed by atoms with Crippen LogP contribution in [0.15, 0.2) is 0 Å². The average molecular weight is 295 g/mol. The molecule has 1 N–H and O–H groups in total. The molecule has 1 aromatic rings. The highest BCUT2D eigenvalue weighted by molar-refractivity contribution is 7.11. The molecule has 2 aliphatic heterocycles. The first-order valence-electron chi connectivity index (χ1n) is 7.75. The summed E-state index contributed by atoms with van der Waals surface area (Å²) in [6, 6.07) is 1.04. The first-order valence-corrected chi connectivity index (χ1v) is 8.57. The number of aromatic nitrogens is 1. The molecule has 0 aromatic carbocycles. The molecule has 112 valence electrons. The van der Waals surface area contributed by atoms with Crippen LogP contribution in [0.5, 0.6) is 0 Å². The lowest BCUT2D eigenvalue weighted by Gasteiger charge is -2.34. The Labute approximate surface area is 125 Å². The maximum Gasteiger partial charge on any atom is 0.123 e. The molecule has 3 unspecified atom stereocenters. The van der Waals surface area contributed by atoms with Crippen molar-refractivity contribution in [3.05, 3.63) is 15.6 Å². The Hall–Kier alpha value is -0.490. The Balaban J connectivity index is 1.72. The second-order valence-electron chi connectivity index (χ2n) is 5.89. The number of nitrogens with zero attached hydrogens (tertiary/aromatic N) is 2. The van der Waals surface area contributed by atoms with Crippen molar-refractivity contribution < 1.29 is 4.74 Å². The monoisotopic (exact) mass is 295 g/mol. The van der Waals surface area contributed by atoms with E-state index in [4.69, 9.17) is 9.72 Å². The van der Waals surface area contributed by atoms with Crippen LogP contribution >= 0.6 is 11.3 Å². The summed E-state index contributed by atoms with van der Waals surface area (Å²) in [5.74, 6) is 0. The largest absolute Gasteiger partial charge is 0.368 e. The molecule has 5 heteroatoms. The van der Waals surface area contributed by atoms with E-state index in [0.29, 0.717) is 12.1 Å². The molecule has 3 heterocycles. The number of morpholine rings is 1. The van der Waals surface area contributed by atoms with Gasteiger partial charge in [-0.05, 0) is 39.8 Å². The van der Waals surface area contributed by atoms with Gasteiger partial charge in [0, 0.05) is 23.5 Å². The molecule has 3 rings (SSSR count). The number of ether oxygens (including phenoxy) is 1. The maximum absolute atomic E-state index is 6.07. The van der Waals surface area contributed by atoms with Crippen molar-refractivity contribution in [2.75, 3.05) is 26.2 Å². The summed E-state index contributed by atoms with van der Waals surface area (Å²) in [6.07, 6.45) is 2.79. The van der Waals surface area contributed by atoms with Gasteiger partial charge in [-0.15, -0.1) is 11.3 Å². The highest BCUT2D eigenvalue weighted by Crippen LogP contribution is 2.34. The number of fused-ring (bicyclic) bond motifs is 1. The number of hydrogen-bond donors (Lipinski definition) is 1. The lowest BCUT2D eigenvalue weighted by molar-refractivity contribution is -0.0502. The summed E-state index contributed by atoms with van der Waals surface area (Å²) in [5.41, 5.74) is 1.16. The minimum atomic E-state index is 0.177. The van der Waals surface area contributed by atoms with Gasteiger partial charge in [-0.2, -0.15) is 0 Å². The molecule has 0 spiro atoms. The van der Waals surface area contributed by atoms with Crippen LogP contribution in [0.2, 0.25) is 0 Å². The van der Waals surface area contributed by atoms with Crippen LogP contribution in [0.3, 0.4) is 0 Å². The van der Waals surface area contributed by atoms with E-state index in [1.807, 2.05) is 11.3 Å². The fourth-order valence-corrected chi connectivity index (χ4v) is 4.47. The van der Waals surface area contributed by atoms with Gasteiger partial charge in [-0.25, -0.2) is 4.98 Å². The second kappa shape index (κ2) is 6.10. The van der Waals surface area contributed by atoms with Gasteiger partial charge in [-0.1, -0.05) is 6.92 Å². The van der Waals surface area contributed by atoms with Crippen LogP contribution in [0.25, 0.3) is 0 Å². The number of rotatable bonds is 4. The molecule has 4 nitrogen and oxygen atoms in total. The summed E-state index contributed by atoms with van der Waals surface area (Å²) in [4.78, 5) is 8.72. The molecular formula is C15H25N3OS. The van der Waals surface area contributed by atoms with Gasteiger partial charge in [0.15, 0.2) is 0 Å². The van der Waals surface area contributed by atoms with E-state index in [-0.39, 0.29) is 6.10 Å². The van der Waals surface area contributed by atoms with Crippen LogP contribution < -0.4 is 5.32 Å². The van der Waals surface area contributed by atoms with Crippen molar-refractivity contribution >= 4 is 11.3 Å². The van der Waals surface area contributed by atoms with E-state index in [0.717, 1.165) is 30.4 Å². The van der Waals surface area contributed by atoms with Crippen molar-refractivity contribution in [2.45, 2.75) is 51.8 Å². The Morgan fingerprint density at radius 1 is 1.55 bits per heavy atom. The summed E-state index contributed by atoms with van der Waals surface area (Å²) in [5, 5.41) is 4.63. The molecule has 0 saturated carbocycles. The zero-order chi connectivity index (χ0) is 14.1. The number of hydrogen-bond acceptors (Lipinski definition) is 5. The third-order valence-electron chi connectivity index (χ3n) is 4.42. The van der Waals surface area contributed by atoms with Gasteiger partial charge in [0.1, 0.15) is 11.1 Å². The van der Waals surface area contributed by atoms with Gasteiger partial charge in [-0.3, -0.25) is 4.90 Å². The van der Waals surface area contributed by atoms with Crippen LogP contribution in [0.1, 0.15) is 54.4 Å². The van der Waals surface area contributed by atoms with E-state index < -0.39 is 0 Å². The molecule has 0 aliphatic carbocycles. The molecule has 20 heavy (non-hydrogen) atoms. The van der Waals surface area contributed by atoms with E-state index >= 15 is 0 Å². The lowest BCUT2D eigenvalue weighted by atomic mass is 10.2. The zero-order valence-electron chi connectivity index (χ0n) is 12.7.